The van der Waals surface area contributed by atoms with Crippen molar-refractivity contribution in [2.45, 2.75) is 13.5 Å². The summed E-state index contributed by atoms with van der Waals surface area (Å²) in [5.74, 6) is -0.597. The highest BCUT2D eigenvalue weighted by atomic mass is 16.9. The molecule has 0 unspecified atom stereocenters. The predicted molar refractivity (Wildman–Crippen MR) is 56.7 cm³/mol. The van der Waals surface area contributed by atoms with E-state index in [0.717, 1.165) is 5.56 Å². The average Bonchev–Trinajstić information content (AvgIpc) is 2.29. The van der Waals surface area contributed by atoms with E-state index in [1.54, 1.807) is 32.2 Å². The van der Waals surface area contributed by atoms with Crippen LogP contribution in [0, 0.1) is 0 Å². The number of rotatable bonds is 5. The lowest BCUT2D eigenvalue weighted by atomic mass is 10.1. The van der Waals surface area contributed by atoms with Crippen molar-refractivity contribution in [2.24, 2.45) is 0 Å². The minimum Gasteiger partial charge on any atom is -0.380 e. The van der Waals surface area contributed by atoms with Crippen molar-refractivity contribution in [1.29, 1.82) is 0 Å². The average molecular weight is 225 g/mol. The first-order chi connectivity index (χ1) is 7.69. The number of amides is 1. The second kappa shape index (κ2) is 6.22. The zero-order valence-electron chi connectivity index (χ0n) is 9.34. The summed E-state index contributed by atoms with van der Waals surface area (Å²) in [6, 6.07) is 6.81. The quantitative estimate of drug-likeness (QED) is 0.611. The van der Waals surface area contributed by atoms with E-state index in [0.29, 0.717) is 12.2 Å². The molecule has 16 heavy (non-hydrogen) atoms. The van der Waals surface area contributed by atoms with E-state index in [1.165, 1.54) is 0 Å². The van der Waals surface area contributed by atoms with Crippen LogP contribution in [-0.4, -0.2) is 30.1 Å². The van der Waals surface area contributed by atoms with Crippen LogP contribution in [0.4, 0.5) is 0 Å². The van der Waals surface area contributed by atoms with E-state index in [4.69, 9.17) is 4.74 Å². The maximum absolute atomic E-state index is 11.6. The molecule has 0 spiro atoms. The Morgan fingerprint density at radius 1 is 1.50 bits per heavy atom. The smallest absolute Gasteiger partial charge is 0.303 e. The number of nitrogens with zero attached hydrogens (tertiary/aromatic N) is 1. The summed E-state index contributed by atoms with van der Waals surface area (Å²) < 4.78 is 4.95. The van der Waals surface area contributed by atoms with Gasteiger partial charge in [0.05, 0.1) is 13.2 Å². The van der Waals surface area contributed by atoms with Crippen LogP contribution in [-0.2, 0) is 16.2 Å². The summed E-state index contributed by atoms with van der Waals surface area (Å²) in [6.45, 7) is 2.32. The van der Waals surface area contributed by atoms with Gasteiger partial charge in [0, 0.05) is 12.7 Å². The van der Waals surface area contributed by atoms with Crippen molar-refractivity contribution in [2.75, 3.05) is 13.7 Å². The van der Waals surface area contributed by atoms with E-state index in [-0.39, 0.29) is 11.8 Å². The van der Waals surface area contributed by atoms with Crippen molar-refractivity contribution in [3.8, 4) is 0 Å². The summed E-state index contributed by atoms with van der Waals surface area (Å²) in [5, 5.41) is 9.46. The van der Waals surface area contributed by atoms with E-state index in [1.807, 2.05) is 6.07 Å². The first-order valence-electron chi connectivity index (χ1n) is 4.93. The second-order valence-electron chi connectivity index (χ2n) is 3.13. The van der Waals surface area contributed by atoms with Crippen LogP contribution in [0.5, 0.6) is 0 Å². The monoisotopic (exact) mass is 225 g/mol. The first kappa shape index (κ1) is 12.6. The molecule has 0 aromatic heterocycles. The lowest BCUT2D eigenvalue weighted by Crippen LogP contribution is -2.27. The number of carbonyl (C=O) groups is 1. The lowest BCUT2D eigenvalue weighted by molar-refractivity contribution is -0.294. The van der Waals surface area contributed by atoms with Gasteiger partial charge in [-0.15, -0.1) is 0 Å². The molecular formula is C11H15NO4. The molecule has 0 bridgehead atoms. The third-order valence-electron chi connectivity index (χ3n) is 1.91. The normalized spacial score (nSPS) is 10.2. The molecule has 0 saturated heterocycles. The second-order valence-corrected chi connectivity index (χ2v) is 3.13. The molecule has 0 aliphatic heterocycles. The van der Waals surface area contributed by atoms with Gasteiger partial charge in [-0.25, -0.2) is 4.84 Å². The molecular weight excluding hydrogens is 210 g/mol. The maximum Gasteiger partial charge on any atom is 0.303 e. The molecule has 5 nitrogen and oxygen atoms in total. The zero-order chi connectivity index (χ0) is 12.0. The molecule has 1 rings (SSSR count). The summed E-state index contributed by atoms with van der Waals surface area (Å²) in [7, 11) is 1.58. The van der Waals surface area contributed by atoms with Gasteiger partial charge in [-0.1, -0.05) is 17.4 Å². The van der Waals surface area contributed by atoms with Crippen LogP contribution >= 0.6 is 0 Å². The highest BCUT2D eigenvalue weighted by Crippen LogP contribution is 2.08. The number of hydrogen-bond acceptors (Lipinski definition) is 4. The molecule has 0 aliphatic carbocycles. The van der Waals surface area contributed by atoms with Crippen LogP contribution in [0.3, 0.4) is 0 Å². The van der Waals surface area contributed by atoms with Gasteiger partial charge in [0.15, 0.2) is 0 Å². The Labute approximate surface area is 94.1 Å². The topological polar surface area (TPSA) is 59.0 Å². The Kier molecular flexibility index (Phi) is 4.91. The fourth-order valence-electron chi connectivity index (χ4n) is 1.25. The Morgan fingerprint density at radius 3 is 2.88 bits per heavy atom. The molecule has 1 N–H and O–H groups in total. The molecule has 88 valence electrons. The molecule has 0 heterocycles. The van der Waals surface area contributed by atoms with E-state index >= 15 is 0 Å². The minimum absolute atomic E-state index is 0.222. The molecule has 1 amide bonds. The number of hydroxylamine groups is 2. The zero-order valence-corrected chi connectivity index (χ0v) is 9.34. The Balaban J connectivity index is 2.78. The Bertz CT molecular complexity index is 354. The van der Waals surface area contributed by atoms with Crippen LogP contribution in [0.1, 0.15) is 22.8 Å². The SMILES string of the molecule is CCON(O)C(=O)c1cccc(COC)c1. The number of hydrogen-bond donors (Lipinski definition) is 1. The third-order valence-corrected chi connectivity index (χ3v) is 1.91. The largest absolute Gasteiger partial charge is 0.380 e. The molecule has 5 heteroatoms. The van der Waals surface area contributed by atoms with Gasteiger partial charge in [-0.3, -0.25) is 10.0 Å². The lowest BCUT2D eigenvalue weighted by Gasteiger charge is -2.13. The summed E-state index contributed by atoms with van der Waals surface area (Å²) in [4.78, 5) is 16.3. The van der Waals surface area contributed by atoms with Gasteiger partial charge in [0.1, 0.15) is 0 Å². The summed E-state index contributed by atoms with van der Waals surface area (Å²) in [6.07, 6.45) is 0. The molecule has 1 aromatic rings. The number of benzene rings is 1. The Morgan fingerprint density at radius 2 is 2.25 bits per heavy atom. The molecule has 0 aliphatic rings. The van der Waals surface area contributed by atoms with Crippen molar-refractivity contribution < 1.29 is 19.6 Å². The van der Waals surface area contributed by atoms with Crippen LogP contribution in [0.25, 0.3) is 0 Å². The number of carbonyl (C=O) groups excluding carboxylic acids is 1. The van der Waals surface area contributed by atoms with Crippen molar-refractivity contribution in [3.63, 3.8) is 0 Å². The highest BCUT2D eigenvalue weighted by molar-refractivity contribution is 5.92. The van der Waals surface area contributed by atoms with Crippen LogP contribution in [0.2, 0.25) is 0 Å². The number of ether oxygens (including phenoxy) is 1. The molecule has 0 radical (unpaired) electrons. The molecule has 0 saturated carbocycles. The van der Waals surface area contributed by atoms with Crippen LogP contribution in [0.15, 0.2) is 24.3 Å². The van der Waals surface area contributed by atoms with E-state index in [9.17, 15) is 10.0 Å². The predicted octanol–water partition coefficient (Wildman–Crippen LogP) is 1.62. The first-order valence-corrected chi connectivity index (χ1v) is 4.93. The number of methoxy groups -OCH3 is 1. The van der Waals surface area contributed by atoms with Gasteiger partial charge in [0.2, 0.25) is 0 Å². The van der Waals surface area contributed by atoms with Gasteiger partial charge in [0.25, 0.3) is 0 Å². The van der Waals surface area contributed by atoms with Gasteiger partial charge in [-0.05, 0) is 24.6 Å². The third kappa shape index (κ3) is 3.30. The van der Waals surface area contributed by atoms with Crippen molar-refractivity contribution in [1.82, 2.24) is 5.23 Å². The van der Waals surface area contributed by atoms with Crippen molar-refractivity contribution in [3.05, 3.63) is 35.4 Å². The molecule has 0 fully saturated rings. The Hall–Kier alpha value is -1.43. The van der Waals surface area contributed by atoms with Crippen molar-refractivity contribution >= 4 is 5.91 Å². The van der Waals surface area contributed by atoms with Gasteiger partial charge in [-0.2, -0.15) is 0 Å². The fraction of sp³-hybridized carbons (Fsp3) is 0.364. The standard InChI is InChI=1S/C11H15NO4/c1-3-16-12(14)11(13)10-6-4-5-9(7-10)8-15-2/h4-7,14H,3,8H2,1-2H3. The van der Waals surface area contributed by atoms with E-state index < -0.39 is 5.91 Å². The minimum atomic E-state index is -0.597. The molecule has 0 atom stereocenters. The molecule has 1 aromatic carbocycles. The van der Waals surface area contributed by atoms with E-state index in [2.05, 4.69) is 4.84 Å². The summed E-state index contributed by atoms with van der Waals surface area (Å²) in [5.41, 5.74) is 1.21. The van der Waals surface area contributed by atoms with Crippen LogP contribution < -0.4 is 0 Å². The summed E-state index contributed by atoms with van der Waals surface area (Å²) >= 11 is 0. The highest BCUT2D eigenvalue weighted by Gasteiger charge is 2.14. The fourth-order valence-corrected chi connectivity index (χ4v) is 1.25. The maximum atomic E-state index is 11.6. The van der Waals surface area contributed by atoms with Gasteiger partial charge >= 0.3 is 5.91 Å². The van der Waals surface area contributed by atoms with Gasteiger partial charge < -0.3 is 4.74 Å².